The van der Waals surface area contributed by atoms with E-state index in [0.29, 0.717) is 17.7 Å². The van der Waals surface area contributed by atoms with Crippen molar-refractivity contribution < 1.29 is 9.59 Å². The first-order valence-corrected chi connectivity index (χ1v) is 8.04. The van der Waals surface area contributed by atoms with Crippen molar-refractivity contribution in [2.75, 3.05) is 13.6 Å². The maximum atomic E-state index is 12.5. The second-order valence-electron chi connectivity index (χ2n) is 6.04. The van der Waals surface area contributed by atoms with Gasteiger partial charge in [-0.1, -0.05) is 0 Å². The predicted molar refractivity (Wildman–Crippen MR) is 89.6 cm³/mol. The summed E-state index contributed by atoms with van der Waals surface area (Å²) in [6.45, 7) is 0.585. The zero-order valence-electron chi connectivity index (χ0n) is 13.6. The van der Waals surface area contributed by atoms with Gasteiger partial charge in [-0.05, 0) is 43.0 Å². The highest BCUT2D eigenvalue weighted by molar-refractivity contribution is 5.99. The van der Waals surface area contributed by atoms with E-state index >= 15 is 0 Å². The van der Waals surface area contributed by atoms with Crippen LogP contribution in [-0.2, 0) is 6.42 Å². The molecular formula is C18H20N4O2. The molecule has 124 valence electrons. The van der Waals surface area contributed by atoms with Crippen LogP contribution in [0.2, 0.25) is 0 Å². The molecule has 0 atom stereocenters. The molecule has 1 N–H and O–H groups in total. The second kappa shape index (κ2) is 7.21. The van der Waals surface area contributed by atoms with Crippen LogP contribution in [0, 0.1) is 0 Å². The quantitative estimate of drug-likeness (QED) is 0.877. The van der Waals surface area contributed by atoms with E-state index in [1.54, 1.807) is 30.4 Å². The van der Waals surface area contributed by atoms with Crippen molar-refractivity contribution in [3.8, 4) is 0 Å². The van der Waals surface area contributed by atoms with Crippen molar-refractivity contribution in [2.45, 2.75) is 25.3 Å². The molecule has 1 saturated carbocycles. The van der Waals surface area contributed by atoms with E-state index in [4.69, 9.17) is 0 Å². The SMILES string of the molecule is CN(CCc1ccncc1)C(=O)c1cncc(C(=O)NC2CC2)c1. The van der Waals surface area contributed by atoms with Crippen LogP contribution in [0.4, 0.5) is 0 Å². The summed E-state index contributed by atoms with van der Waals surface area (Å²) in [4.78, 5) is 34.2. The zero-order valence-corrected chi connectivity index (χ0v) is 13.6. The van der Waals surface area contributed by atoms with Gasteiger partial charge in [0.15, 0.2) is 0 Å². The highest BCUT2D eigenvalue weighted by Gasteiger charge is 2.24. The van der Waals surface area contributed by atoms with E-state index in [1.807, 2.05) is 12.1 Å². The summed E-state index contributed by atoms with van der Waals surface area (Å²) in [7, 11) is 1.75. The second-order valence-corrected chi connectivity index (χ2v) is 6.04. The number of nitrogens with zero attached hydrogens (tertiary/aromatic N) is 3. The van der Waals surface area contributed by atoms with Crippen LogP contribution in [0.1, 0.15) is 39.1 Å². The standard InChI is InChI=1S/C18H20N4O2/c1-22(9-6-13-4-7-19-8-5-13)18(24)15-10-14(11-20-12-15)17(23)21-16-2-3-16/h4-5,7-8,10-12,16H,2-3,6,9H2,1H3,(H,21,23). The largest absolute Gasteiger partial charge is 0.349 e. The molecule has 0 radical (unpaired) electrons. The maximum absolute atomic E-state index is 12.5. The van der Waals surface area contributed by atoms with Gasteiger partial charge in [0.2, 0.25) is 0 Å². The highest BCUT2D eigenvalue weighted by Crippen LogP contribution is 2.19. The Morgan fingerprint density at radius 2 is 1.88 bits per heavy atom. The average Bonchev–Trinajstić information content (AvgIpc) is 3.44. The topological polar surface area (TPSA) is 75.2 Å². The molecule has 1 aliphatic rings. The van der Waals surface area contributed by atoms with E-state index in [2.05, 4.69) is 15.3 Å². The van der Waals surface area contributed by atoms with Gasteiger partial charge in [-0.15, -0.1) is 0 Å². The highest BCUT2D eigenvalue weighted by atomic mass is 16.2. The first kappa shape index (κ1) is 16.1. The van der Waals surface area contributed by atoms with Gasteiger partial charge in [0.1, 0.15) is 0 Å². The number of carbonyl (C=O) groups is 2. The maximum Gasteiger partial charge on any atom is 0.255 e. The molecule has 6 heteroatoms. The fourth-order valence-corrected chi connectivity index (χ4v) is 2.35. The predicted octanol–water partition coefficient (Wildman–Crippen LogP) is 1.68. The molecule has 0 bridgehead atoms. The lowest BCUT2D eigenvalue weighted by molar-refractivity contribution is 0.0796. The summed E-state index contributed by atoms with van der Waals surface area (Å²) < 4.78 is 0. The molecule has 3 rings (SSSR count). The molecule has 0 aromatic carbocycles. The van der Waals surface area contributed by atoms with E-state index in [1.165, 1.54) is 12.4 Å². The molecule has 6 nitrogen and oxygen atoms in total. The summed E-state index contributed by atoms with van der Waals surface area (Å²) >= 11 is 0. The van der Waals surface area contributed by atoms with Crippen LogP contribution in [-0.4, -0.2) is 46.3 Å². The van der Waals surface area contributed by atoms with Crippen LogP contribution in [0.25, 0.3) is 0 Å². The molecule has 0 unspecified atom stereocenters. The number of rotatable bonds is 6. The Morgan fingerprint density at radius 3 is 2.58 bits per heavy atom. The number of hydrogen-bond donors (Lipinski definition) is 1. The Morgan fingerprint density at radius 1 is 1.17 bits per heavy atom. The minimum atomic E-state index is -0.168. The summed E-state index contributed by atoms with van der Waals surface area (Å²) in [5.74, 6) is -0.309. The Hall–Kier alpha value is -2.76. The fourth-order valence-electron chi connectivity index (χ4n) is 2.35. The lowest BCUT2D eigenvalue weighted by atomic mass is 10.1. The van der Waals surface area contributed by atoms with Gasteiger partial charge in [0.05, 0.1) is 11.1 Å². The van der Waals surface area contributed by atoms with Crippen LogP contribution in [0.3, 0.4) is 0 Å². The molecule has 1 fully saturated rings. The van der Waals surface area contributed by atoms with Crippen molar-refractivity contribution in [1.29, 1.82) is 0 Å². The summed E-state index contributed by atoms with van der Waals surface area (Å²) in [5.41, 5.74) is 1.98. The number of carbonyl (C=O) groups excluding carboxylic acids is 2. The third-order valence-electron chi connectivity index (χ3n) is 3.99. The Bertz CT molecular complexity index is 729. The molecule has 0 aliphatic heterocycles. The van der Waals surface area contributed by atoms with Gasteiger partial charge in [-0.25, -0.2) is 0 Å². The molecule has 2 amide bonds. The first-order chi connectivity index (χ1) is 11.6. The van der Waals surface area contributed by atoms with Crippen molar-refractivity contribution in [3.63, 3.8) is 0 Å². The Kier molecular flexibility index (Phi) is 4.84. The van der Waals surface area contributed by atoms with Crippen molar-refractivity contribution >= 4 is 11.8 Å². The molecule has 24 heavy (non-hydrogen) atoms. The molecular weight excluding hydrogens is 304 g/mol. The smallest absolute Gasteiger partial charge is 0.255 e. The lowest BCUT2D eigenvalue weighted by Gasteiger charge is -2.17. The molecule has 2 aromatic heterocycles. The van der Waals surface area contributed by atoms with E-state index in [9.17, 15) is 9.59 Å². The van der Waals surface area contributed by atoms with Gasteiger partial charge in [-0.3, -0.25) is 19.6 Å². The Labute approximate surface area is 140 Å². The number of amides is 2. The van der Waals surface area contributed by atoms with Crippen LogP contribution >= 0.6 is 0 Å². The number of nitrogens with one attached hydrogen (secondary N) is 1. The van der Waals surface area contributed by atoms with E-state index in [-0.39, 0.29) is 17.9 Å². The minimum absolute atomic E-state index is 0.141. The molecule has 2 heterocycles. The van der Waals surface area contributed by atoms with Crippen molar-refractivity contribution in [3.05, 3.63) is 59.7 Å². The van der Waals surface area contributed by atoms with Crippen LogP contribution in [0.15, 0.2) is 43.0 Å². The number of hydrogen-bond acceptors (Lipinski definition) is 4. The van der Waals surface area contributed by atoms with Crippen molar-refractivity contribution in [2.24, 2.45) is 0 Å². The molecule has 0 saturated heterocycles. The monoisotopic (exact) mass is 324 g/mol. The summed E-state index contributed by atoms with van der Waals surface area (Å²) in [6.07, 6.45) is 9.27. The summed E-state index contributed by atoms with van der Waals surface area (Å²) in [6, 6.07) is 5.75. The van der Waals surface area contributed by atoms with Crippen molar-refractivity contribution in [1.82, 2.24) is 20.2 Å². The summed E-state index contributed by atoms with van der Waals surface area (Å²) in [5, 5.41) is 2.90. The van der Waals surface area contributed by atoms with E-state index < -0.39 is 0 Å². The minimum Gasteiger partial charge on any atom is -0.349 e. The number of aromatic nitrogens is 2. The van der Waals surface area contributed by atoms with Crippen LogP contribution in [0.5, 0.6) is 0 Å². The Balaban J connectivity index is 1.62. The first-order valence-electron chi connectivity index (χ1n) is 8.04. The van der Waals surface area contributed by atoms with Gasteiger partial charge >= 0.3 is 0 Å². The van der Waals surface area contributed by atoms with Crippen LogP contribution < -0.4 is 5.32 Å². The molecule has 1 aliphatic carbocycles. The fraction of sp³-hybridized carbons (Fsp3) is 0.333. The third kappa shape index (κ3) is 4.16. The number of pyridine rings is 2. The zero-order chi connectivity index (χ0) is 16.9. The lowest BCUT2D eigenvalue weighted by Crippen LogP contribution is -2.30. The third-order valence-corrected chi connectivity index (χ3v) is 3.99. The normalized spacial score (nSPS) is 13.4. The molecule has 2 aromatic rings. The average molecular weight is 324 g/mol. The number of likely N-dealkylation sites (N-methyl/N-ethyl adjacent to an activating group) is 1. The van der Waals surface area contributed by atoms with Gasteiger partial charge < -0.3 is 10.2 Å². The van der Waals surface area contributed by atoms with E-state index in [0.717, 1.165) is 24.8 Å². The van der Waals surface area contributed by atoms with Gasteiger partial charge in [0.25, 0.3) is 11.8 Å². The van der Waals surface area contributed by atoms with Gasteiger partial charge in [0, 0.05) is 44.4 Å². The van der Waals surface area contributed by atoms with Gasteiger partial charge in [-0.2, -0.15) is 0 Å². The molecule has 0 spiro atoms.